The van der Waals surface area contributed by atoms with Crippen LogP contribution in [0.4, 0.5) is 11.6 Å². The Morgan fingerprint density at radius 1 is 1.28 bits per heavy atom. The molecule has 0 aliphatic carbocycles. The predicted octanol–water partition coefficient (Wildman–Crippen LogP) is 0.486. The highest BCUT2D eigenvalue weighted by atomic mass is 16.6. The molecule has 2 rings (SSSR count). The van der Waals surface area contributed by atoms with Crippen molar-refractivity contribution in [2.45, 2.75) is 6.92 Å². The summed E-state index contributed by atoms with van der Waals surface area (Å²) in [4.78, 5) is 21.7. The predicted molar refractivity (Wildman–Crippen MR) is 63.3 cm³/mol. The molecule has 1 amide bonds. The van der Waals surface area contributed by atoms with Crippen LogP contribution < -0.4 is 10.2 Å². The normalized spacial score (nSPS) is 10.2. The molecule has 18 heavy (non-hydrogen) atoms. The molecule has 1 N–H and O–H groups in total. The van der Waals surface area contributed by atoms with Crippen molar-refractivity contribution in [2.24, 2.45) is 0 Å². The van der Waals surface area contributed by atoms with E-state index in [2.05, 4.69) is 30.2 Å². The van der Waals surface area contributed by atoms with Crippen LogP contribution in [-0.4, -0.2) is 40.3 Å². The van der Waals surface area contributed by atoms with Crippen LogP contribution in [0.15, 0.2) is 17.0 Å². The summed E-state index contributed by atoms with van der Waals surface area (Å²) in [6.07, 6.45) is 2.91. The standard InChI is InChI=1S/C10H12N6O2/c1-6-9(15-18-14-6)13-10(17)7-4-12-8(5-11-7)16(2)3/h4-5H,1-3H3,(H,13,15,17). The Morgan fingerprint density at radius 2 is 2.06 bits per heavy atom. The van der Waals surface area contributed by atoms with Gasteiger partial charge in [0.25, 0.3) is 5.91 Å². The molecule has 0 aliphatic heterocycles. The number of aryl methyl sites for hydroxylation is 1. The van der Waals surface area contributed by atoms with E-state index in [0.29, 0.717) is 11.5 Å². The summed E-state index contributed by atoms with van der Waals surface area (Å²) in [7, 11) is 3.68. The zero-order valence-electron chi connectivity index (χ0n) is 10.2. The van der Waals surface area contributed by atoms with Crippen LogP contribution in [-0.2, 0) is 0 Å². The van der Waals surface area contributed by atoms with E-state index < -0.39 is 5.91 Å². The monoisotopic (exact) mass is 248 g/mol. The summed E-state index contributed by atoms with van der Waals surface area (Å²) in [5, 5.41) is 9.64. The largest absolute Gasteiger partial charge is 0.361 e. The van der Waals surface area contributed by atoms with Gasteiger partial charge in [0.1, 0.15) is 17.2 Å². The first-order valence-electron chi connectivity index (χ1n) is 5.18. The number of carbonyl (C=O) groups is 1. The summed E-state index contributed by atoms with van der Waals surface area (Å²) in [5.74, 6) is 0.538. The Balaban J connectivity index is 2.12. The van der Waals surface area contributed by atoms with Crippen LogP contribution in [0, 0.1) is 6.92 Å². The number of nitrogens with one attached hydrogen (secondary N) is 1. The van der Waals surface area contributed by atoms with Gasteiger partial charge in [0.2, 0.25) is 5.82 Å². The van der Waals surface area contributed by atoms with Crippen molar-refractivity contribution in [2.75, 3.05) is 24.3 Å². The second-order valence-corrected chi connectivity index (χ2v) is 3.81. The van der Waals surface area contributed by atoms with Crippen LogP contribution in [0.25, 0.3) is 0 Å². The third-order valence-electron chi connectivity index (χ3n) is 2.21. The van der Waals surface area contributed by atoms with E-state index >= 15 is 0 Å². The lowest BCUT2D eigenvalue weighted by molar-refractivity contribution is 0.102. The smallest absolute Gasteiger partial charge is 0.277 e. The van der Waals surface area contributed by atoms with E-state index in [1.807, 2.05) is 14.1 Å². The lowest BCUT2D eigenvalue weighted by Gasteiger charge is -2.10. The van der Waals surface area contributed by atoms with Crippen molar-refractivity contribution in [1.82, 2.24) is 20.3 Å². The molecule has 94 valence electrons. The molecule has 0 aliphatic rings. The molecule has 0 radical (unpaired) electrons. The Bertz CT molecular complexity index is 548. The number of hydrogen-bond acceptors (Lipinski definition) is 7. The van der Waals surface area contributed by atoms with Gasteiger partial charge in [-0.25, -0.2) is 14.6 Å². The second kappa shape index (κ2) is 4.78. The third-order valence-corrected chi connectivity index (χ3v) is 2.21. The van der Waals surface area contributed by atoms with Gasteiger partial charge in [0.15, 0.2) is 0 Å². The van der Waals surface area contributed by atoms with Gasteiger partial charge in [-0.1, -0.05) is 5.16 Å². The minimum absolute atomic E-state index is 0.197. The molecule has 0 atom stereocenters. The first kappa shape index (κ1) is 12.0. The van der Waals surface area contributed by atoms with E-state index in [-0.39, 0.29) is 11.5 Å². The van der Waals surface area contributed by atoms with Gasteiger partial charge in [0.05, 0.1) is 12.4 Å². The molecule has 2 aromatic rings. The van der Waals surface area contributed by atoms with E-state index in [1.54, 1.807) is 11.8 Å². The summed E-state index contributed by atoms with van der Waals surface area (Å²) in [6, 6.07) is 0. The van der Waals surface area contributed by atoms with Gasteiger partial charge in [-0.2, -0.15) is 0 Å². The number of rotatable bonds is 3. The maximum atomic E-state index is 11.8. The topological polar surface area (TPSA) is 97.0 Å². The molecule has 2 heterocycles. The van der Waals surface area contributed by atoms with Crippen LogP contribution in [0.3, 0.4) is 0 Å². The van der Waals surface area contributed by atoms with E-state index in [9.17, 15) is 4.79 Å². The molecule has 0 bridgehead atoms. The minimum atomic E-state index is -0.411. The Kier molecular flexibility index (Phi) is 3.18. The van der Waals surface area contributed by atoms with Crippen molar-refractivity contribution in [3.05, 3.63) is 23.8 Å². The van der Waals surface area contributed by atoms with Crippen LogP contribution in [0.5, 0.6) is 0 Å². The molecule has 8 heteroatoms. The Morgan fingerprint density at radius 3 is 2.56 bits per heavy atom. The van der Waals surface area contributed by atoms with Crippen molar-refractivity contribution >= 4 is 17.5 Å². The van der Waals surface area contributed by atoms with Gasteiger partial charge >= 0.3 is 0 Å². The fourth-order valence-electron chi connectivity index (χ4n) is 1.19. The van der Waals surface area contributed by atoms with Gasteiger partial charge in [-0.3, -0.25) is 4.79 Å². The molecular formula is C10H12N6O2. The number of hydrogen-bond donors (Lipinski definition) is 1. The number of anilines is 2. The fourth-order valence-corrected chi connectivity index (χ4v) is 1.19. The highest BCUT2D eigenvalue weighted by Crippen LogP contribution is 2.09. The first-order chi connectivity index (χ1) is 8.58. The van der Waals surface area contributed by atoms with Gasteiger partial charge < -0.3 is 10.2 Å². The molecule has 0 spiro atoms. The highest BCUT2D eigenvalue weighted by molar-refractivity contribution is 6.02. The van der Waals surface area contributed by atoms with Gasteiger partial charge in [-0.15, -0.1) is 0 Å². The summed E-state index contributed by atoms with van der Waals surface area (Å²) in [5.41, 5.74) is 0.698. The molecule has 0 fully saturated rings. The number of amides is 1. The van der Waals surface area contributed by atoms with Crippen LogP contribution >= 0.6 is 0 Å². The molecular weight excluding hydrogens is 236 g/mol. The quantitative estimate of drug-likeness (QED) is 0.843. The van der Waals surface area contributed by atoms with Crippen molar-refractivity contribution in [1.29, 1.82) is 0 Å². The van der Waals surface area contributed by atoms with Crippen LogP contribution in [0.1, 0.15) is 16.2 Å². The molecule has 0 aromatic carbocycles. The maximum absolute atomic E-state index is 11.8. The van der Waals surface area contributed by atoms with Gasteiger partial charge in [-0.05, 0) is 12.1 Å². The van der Waals surface area contributed by atoms with Gasteiger partial charge in [0, 0.05) is 14.1 Å². The molecule has 8 nitrogen and oxygen atoms in total. The number of carbonyl (C=O) groups excluding carboxylic acids is 1. The maximum Gasteiger partial charge on any atom is 0.277 e. The first-order valence-corrected chi connectivity index (χ1v) is 5.18. The van der Waals surface area contributed by atoms with Crippen LogP contribution in [0.2, 0.25) is 0 Å². The SMILES string of the molecule is Cc1nonc1NC(=O)c1cnc(N(C)C)cn1. The van der Waals surface area contributed by atoms with Crippen molar-refractivity contribution < 1.29 is 9.42 Å². The number of aromatic nitrogens is 4. The van der Waals surface area contributed by atoms with E-state index in [1.165, 1.54) is 12.4 Å². The molecule has 0 unspecified atom stereocenters. The van der Waals surface area contributed by atoms with E-state index in [0.717, 1.165) is 0 Å². The zero-order chi connectivity index (χ0) is 13.1. The lowest BCUT2D eigenvalue weighted by atomic mass is 10.4. The molecule has 2 aromatic heterocycles. The van der Waals surface area contributed by atoms with E-state index in [4.69, 9.17) is 0 Å². The molecule has 0 saturated carbocycles. The Hall–Kier alpha value is -2.51. The highest BCUT2D eigenvalue weighted by Gasteiger charge is 2.13. The molecule has 0 saturated heterocycles. The number of nitrogens with zero attached hydrogens (tertiary/aromatic N) is 5. The summed E-state index contributed by atoms with van der Waals surface area (Å²) >= 11 is 0. The van der Waals surface area contributed by atoms with Crippen molar-refractivity contribution in [3.63, 3.8) is 0 Å². The lowest BCUT2D eigenvalue weighted by Crippen LogP contribution is -2.17. The summed E-state index contributed by atoms with van der Waals surface area (Å²) < 4.78 is 4.48. The second-order valence-electron chi connectivity index (χ2n) is 3.81. The zero-order valence-corrected chi connectivity index (χ0v) is 10.2. The fraction of sp³-hybridized carbons (Fsp3) is 0.300. The average Bonchev–Trinajstić information content (AvgIpc) is 2.75. The summed E-state index contributed by atoms with van der Waals surface area (Å²) in [6.45, 7) is 1.67. The average molecular weight is 248 g/mol. The third kappa shape index (κ3) is 2.42. The van der Waals surface area contributed by atoms with Crippen molar-refractivity contribution in [3.8, 4) is 0 Å². The minimum Gasteiger partial charge on any atom is -0.361 e. The Labute approximate surface area is 103 Å².